The fraction of sp³-hybridized carbons (Fsp3) is 0.400. The number of hydrogen-bond acceptors (Lipinski definition) is 5. The molecule has 0 spiro atoms. The van der Waals surface area contributed by atoms with Gasteiger partial charge in [0.25, 0.3) is 0 Å². The monoisotopic (exact) mass is 345 g/mol. The zero-order valence-corrected chi connectivity index (χ0v) is 15.1. The van der Waals surface area contributed by atoms with Crippen molar-refractivity contribution in [2.24, 2.45) is 0 Å². The van der Waals surface area contributed by atoms with E-state index in [1.807, 2.05) is 55.6 Å². The first-order chi connectivity index (χ1) is 12.1. The molecule has 5 nitrogen and oxygen atoms in total. The fourth-order valence-electron chi connectivity index (χ4n) is 2.63. The SMILES string of the molecule is COc1cccc(COCC(O)CN(C)Cc2cccc(OC)c2)c1. The van der Waals surface area contributed by atoms with Crippen LogP contribution < -0.4 is 9.47 Å². The van der Waals surface area contributed by atoms with E-state index in [0.29, 0.717) is 19.8 Å². The minimum atomic E-state index is -0.541. The van der Waals surface area contributed by atoms with E-state index in [0.717, 1.165) is 29.2 Å². The van der Waals surface area contributed by atoms with Gasteiger partial charge >= 0.3 is 0 Å². The molecule has 1 unspecified atom stereocenters. The first kappa shape index (κ1) is 19.2. The van der Waals surface area contributed by atoms with Crippen molar-refractivity contribution in [2.75, 3.05) is 34.4 Å². The number of hydrogen-bond donors (Lipinski definition) is 1. The second-order valence-corrected chi connectivity index (χ2v) is 6.07. The van der Waals surface area contributed by atoms with Crippen LogP contribution in [0.15, 0.2) is 48.5 Å². The van der Waals surface area contributed by atoms with Crippen LogP contribution >= 0.6 is 0 Å². The normalized spacial score (nSPS) is 12.2. The van der Waals surface area contributed by atoms with E-state index in [4.69, 9.17) is 14.2 Å². The van der Waals surface area contributed by atoms with Gasteiger partial charge in [-0.3, -0.25) is 4.90 Å². The maximum atomic E-state index is 10.2. The van der Waals surface area contributed by atoms with Crippen LogP contribution in [0, 0.1) is 0 Å². The molecule has 25 heavy (non-hydrogen) atoms. The molecule has 2 aromatic carbocycles. The van der Waals surface area contributed by atoms with Gasteiger partial charge in [0.05, 0.1) is 33.5 Å². The number of methoxy groups -OCH3 is 2. The minimum Gasteiger partial charge on any atom is -0.497 e. The van der Waals surface area contributed by atoms with E-state index < -0.39 is 6.10 Å². The van der Waals surface area contributed by atoms with Crippen molar-refractivity contribution in [3.63, 3.8) is 0 Å². The van der Waals surface area contributed by atoms with Gasteiger partial charge in [-0.05, 0) is 42.4 Å². The highest BCUT2D eigenvalue weighted by molar-refractivity contribution is 5.28. The Hall–Kier alpha value is -2.08. The molecule has 5 heteroatoms. The number of ether oxygens (including phenoxy) is 3. The molecular formula is C20H27NO4. The maximum absolute atomic E-state index is 10.2. The lowest BCUT2D eigenvalue weighted by Crippen LogP contribution is -2.31. The van der Waals surface area contributed by atoms with Crippen LogP contribution in [0.1, 0.15) is 11.1 Å². The van der Waals surface area contributed by atoms with Crippen LogP contribution in [0.5, 0.6) is 11.5 Å². The van der Waals surface area contributed by atoms with Crippen LogP contribution in [0.3, 0.4) is 0 Å². The molecule has 2 rings (SSSR count). The van der Waals surface area contributed by atoms with Crippen molar-refractivity contribution >= 4 is 0 Å². The Morgan fingerprint density at radius 1 is 0.960 bits per heavy atom. The summed E-state index contributed by atoms with van der Waals surface area (Å²) in [5.74, 6) is 1.65. The van der Waals surface area contributed by atoms with Crippen molar-refractivity contribution in [3.8, 4) is 11.5 Å². The molecule has 0 fully saturated rings. The second-order valence-electron chi connectivity index (χ2n) is 6.07. The molecular weight excluding hydrogens is 318 g/mol. The maximum Gasteiger partial charge on any atom is 0.119 e. The summed E-state index contributed by atoms with van der Waals surface area (Å²) in [5, 5.41) is 10.2. The molecule has 0 radical (unpaired) electrons. The summed E-state index contributed by atoms with van der Waals surface area (Å²) < 4.78 is 16.0. The Morgan fingerprint density at radius 2 is 1.56 bits per heavy atom. The van der Waals surface area contributed by atoms with Crippen molar-refractivity contribution in [3.05, 3.63) is 59.7 Å². The van der Waals surface area contributed by atoms with E-state index in [1.54, 1.807) is 14.2 Å². The summed E-state index contributed by atoms with van der Waals surface area (Å²) in [7, 11) is 5.28. The number of nitrogens with zero attached hydrogens (tertiary/aromatic N) is 1. The van der Waals surface area contributed by atoms with Crippen molar-refractivity contribution in [1.29, 1.82) is 0 Å². The third kappa shape index (κ3) is 6.74. The van der Waals surface area contributed by atoms with Crippen molar-refractivity contribution in [2.45, 2.75) is 19.3 Å². The largest absolute Gasteiger partial charge is 0.497 e. The smallest absolute Gasteiger partial charge is 0.119 e. The molecule has 0 saturated carbocycles. The summed E-state index contributed by atoms with van der Waals surface area (Å²) >= 11 is 0. The van der Waals surface area contributed by atoms with E-state index in [-0.39, 0.29) is 0 Å². The number of aliphatic hydroxyl groups is 1. The summed E-state index contributed by atoms with van der Waals surface area (Å²) in [6.45, 7) is 2.02. The lowest BCUT2D eigenvalue weighted by atomic mass is 10.2. The summed E-state index contributed by atoms with van der Waals surface area (Å²) in [6.07, 6.45) is -0.541. The predicted molar refractivity (Wildman–Crippen MR) is 98.0 cm³/mol. The van der Waals surface area contributed by atoms with Crippen LogP contribution in [0.2, 0.25) is 0 Å². The molecule has 2 aromatic rings. The molecule has 0 aliphatic carbocycles. The lowest BCUT2D eigenvalue weighted by Gasteiger charge is -2.21. The molecule has 1 atom stereocenters. The van der Waals surface area contributed by atoms with Crippen molar-refractivity contribution < 1.29 is 19.3 Å². The van der Waals surface area contributed by atoms with E-state index in [9.17, 15) is 5.11 Å². The van der Waals surface area contributed by atoms with Gasteiger partial charge in [-0.1, -0.05) is 24.3 Å². The molecule has 136 valence electrons. The Labute approximate surface area is 149 Å². The topological polar surface area (TPSA) is 51.2 Å². The summed E-state index contributed by atoms with van der Waals surface area (Å²) in [6, 6.07) is 15.7. The third-order valence-electron chi connectivity index (χ3n) is 3.82. The Kier molecular flexibility index (Phi) is 7.73. The Morgan fingerprint density at radius 3 is 2.20 bits per heavy atom. The molecule has 1 N–H and O–H groups in total. The van der Waals surface area contributed by atoms with Gasteiger partial charge in [0.15, 0.2) is 0 Å². The zero-order chi connectivity index (χ0) is 18.1. The quantitative estimate of drug-likeness (QED) is 0.717. The first-order valence-corrected chi connectivity index (χ1v) is 8.31. The number of rotatable bonds is 10. The molecule has 0 bridgehead atoms. The zero-order valence-electron chi connectivity index (χ0n) is 15.1. The fourth-order valence-corrected chi connectivity index (χ4v) is 2.63. The van der Waals surface area contributed by atoms with E-state index in [2.05, 4.69) is 4.90 Å². The van der Waals surface area contributed by atoms with Gasteiger partial charge in [0.2, 0.25) is 0 Å². The molecule has 0 amide bonds. The highest BCUT2D eigenvalue weighted by Crippen LogP contribution is 2.15. The Balaban J connectivity index is 1.72. The van der Waals surface area contributed by atoms with Crippen LogP contribution in [-0.4, -0.2) is 50.5 Å². The molecule has 0 saturated heterocycles. The number of likely N-dealkylation sites (N-methyl/N-ethyl adjacent to an activating group) is 1. The van der Waals surface area contributed by atoms with Crippen LogP contribution in [-0.2, 0) is 17.9 Å². The summed E-state index contributed by atoms with van der Waals surface area (Å²) in [5.41, 5.74) is 2.17. The van der Waals surface area contributed by atoms with E-state index >= 15 is 0 Å². The number of aliphatic hydroxyl groups excluding tert-OH is 1. The molecule has 0 heterocycles. The van der Waals surface area contributed by atoms with Crippen LogP contribution in [0.4, 0.5) is 0 Å². The molecule has 0 aliphatic heterocycles. The standard InChI is InChI=1S/C20H27NO4/c1-21(12-16-6-4-8-19(10-16)23-2)13-18(22)15-25-14-17-7-5-9-20(11-17)24-3/h4-11,18,22H,12-15H2,1-3H3. The third-order valence-corrected chi connectivity index (χ3v) is 3.82. The highest BCUT2D eigenvalue weighted by atomic mass is 16.5. The van der Waals surface area contributed by atoms with Gasteiger partial charge in [-0.2, -0.15) is 0 Å². The average molecular weight is 345 g/mol. The van der Waals surface area contributed by atoms with E-state index in [1.165, 1.54) is 0 Å². The summed E-state index contributed by atoms with van der Waals surface area (Å²) in [4.78, 5) is 2.06. The second kappa shape index (κ2) is 10.0. The van der Waals surface area contributed by atoms with Gasteiger partial charge < -0.3 is 19.3 Å². The Bertz CT molecular complexity index is 647. The lowest BCUT2D eigenvalue weighted by molar-refractivity contribution is 0.0126. The van der Waals surface area contributed by atoms with Gasteiger partial charge in [-0.25, -0.2) is 0 Å². The van der Waals surface area contributed by atoms with Gasteiger partial charge in [-0.15, -0.1) is 0 Å². The van der Waals surface area contributed by atoms with Gasteiger partial charge in [0, 0.05) is 13.1 Å². The number of benzene rings is 2. The van der Waals surface area contributed by atoms with Crippen molar-refractivity contribution in [1.82, 2.24) is 4.90 Å². The molecule has 0 aromatic heterocycles. The average Bonchev–Trinajstić information content (AvgIpc) is 2.62. The predicted octanol–water partition coefficient (Wildman–Crippen LogP) is 2.71. The highest BCUT2D eigenvalue weighted by Gasteiger charge is 2.10. The van der Waals surface area contributed by atoms with Gasteiger partial charge in [0.1, 0.15) is 11.5 Å². The van der Waals surface area contributed by atoms with Crippen LogP contribution in [0.25, 0.3) is 0 Å². The molecule has 0 aliphatic rings. The first-order valence-electron chi connectivity index (χ1n) is 8.31. The minimum absolute atomic E-state index is 0.291.